The molecule has 6 nitrogen and oxygen atoms in total. The number of likely N-dealkylation sites (tertiary alicyclic amines) is 1. The Morgan fingerprint density at radius 1 is 1.21 bits per heavy atom. The van der Waals surface area contributed by atoms with Gasteiger partial charge >= 0.3 is 6.36 Å². The molecule has 0 bridgehead atoms. The van der Waals surface area contributed by atoms with Crippen molar-refractivity contribution in [3.05, 3.63) is 59.3 Å². The normalized spacial score (nSPS) is 23.2. The van der Waals surface area contributed by atoms with Gasteiger partial charge in [-0.3, -0.25) is 9.29 Å². The van der Waals surface area contributed by atoms with Crippen LogP contribution in [0, 0.1) is 0 Å². The van der Waals surface area contributed by atoms with Crippen molar-refractivity contribution in [2.75, 3.05) is 31.6 Å². The van der Waals surface area contributed by atoms with E-state index in [1.807, 2.05) is 43.0 Å². The fraction of sp³-hybridized carbons (Fsp3) is 0.517. The molecular formula is C29H36F4N4O2. The van der Waals surface area contributed by atoms with Gasteiger partial charge in [0.25, 0.3) is 0 Å². The molecule has 1 unspecified atom stereocenters. The third-order valence-corrected chi connectivity index (χ3v) is 7.92. The van der Waals surface area contributed by atoms with E-state index in [1.54, 1.807) is 12.1 Å². The summed E-state index contributed by atoms with van der Waals surface area (Å²) < 4.78 is 58.3. The van der Waals surface area contributed by atoms with Crippen LogP contribution in [0.1, 0.15) is 56.0 Å². The molecule has 2 aliphatic heterocycles. The minimum Gasteiger partial charge on any atom is -0.405 e. The van der Waals surface area contributed by atoms with E-state index in [2.05, 4.69) is 19.9 Å². The van der Waals surface area contributed by atoms with Crippen molar-refractivity contribution in [2.24, 2.45) is 0 Å². The van der Waals surface area contributed by atoms with Crippen LogP contribution in [0.4, 0.5) is 23.2 Å². The Morgan fingerprint density at radius 3 is 2.74 bits per heavy atom. The standard InChI is InChI=1S/C29H36F4N4O2/c1-3-26(38)37-18(2)15-23-21-7-4-5-8-24(21)35-27(23)28(37)22-10-9-19(16-25(22)39-29(31,32)33)34-20-11-14-36(17-20)13-6-12-30/h4-5,7-10,16,18,20,26,28,34-35,38H,3,6,11-15,17H2,1-2H3/t18-,20+,26?,28-/m1/s1. The first-order chi connectivity index (χ1) is 18.7. The van der Waals surface area contributed by atoms with Crippen molar-refractivity contribution >= 4 is 16.6 Å². The molecule has 1 fully saturated rings. The molecule has 10 heteroatoms. The number of H-pyrrole nitrogens is 1. The number of halogens is 4. The lowest BCUT2D eigenvalue weighted by atomic mass is 9.87. The van der Waals surface area contributed by atoms with Gasteiger partial charge in [-0.2, -0.15) is 0 Å². The smallest absolute Gasteiger partial charge is 0.405 e. The molecule has 2 aromatic carbocycles. The van der Waals surface area contributed by atoms with Crippen LogP contribution in [0.25, 0.3) is 10.9 Å². The van der Waals surface area contributed by atoms with Crippen LogP contribution in [-0.4, -0.2) is 70.9 Å². The van der Waals surface area contributed by atoms with Gasteiger partial charge in [-0.15, -0.1) is 13.2 Å². The highest BCUT2D eigenvalue weighted by Crippen LogP contribution is 2.46. The van der Waals surface area contributed by atoms with Crippen LogP contribution in [0.5, 0.6) is 5.75 Å². The summed E-state index contributed by atoms with van der Waals surface area (Å²) in [7, 11) is 0. The molecular weight excluding hydrogens is 512 g/mol. The van der Waals surface area contributed by atoms with E-state index in [0.29, 0.717) is 43.6 Å². The van der Waals surface area contributed by atoms with E-state index in [9.17, 15) is 22.7 Å². The SMILES string of the molecule is CCC(O)N1[C@H](c2ccc(N[C@H]3CCN(CCCF)C3)cc2OC(F)(F)F)c2[nH]c3ccccc3c2C[C@H]1C. The zero-order valence-electron chi connectivity index (χ0n) is 22.3. The molecule has 3 heterocycles. The number of rotatable bonds is 9. The number of nitrogens with zero attached hydrogens (tertiary/aromatic N) is 2. The summed E-state index contributed by atoms with van der Waals surface area (Å²) in [6, 6.07) is 11.9. The molecule has 39 heavy (non-hydrogen) atoms. The highest BCUT2D eigenvalue weighted by atomic mass is 19.4. The summed E-state index contributed by atoms with van der Waals surface area (Å²) in [6.45, 7) is 5.66. The highest BCUT2D eigenvalue weighted by molar-refractivity contribution is 5.85. The predicted molar refractivity (Wildman–Crippen MR) is 144 cm³/mol. The van der Waals surface area contributed by atoms with Gasteiger partial charge in [-0.05, 0) is 50.3 Å². The van der Waals surface area contributed by atoms with E-state index in [0.717, 1.165) is 35.1 Å². The van der Waals surface area contributed by atoms with Crippen molar-refractivity contribution in [1.29, 1.82) is 0 Å². The fourth-order valence-corrected chi connectivity index (χ4v) is 6.21. The molecule has 3 aromatic rings. The number of hydrogen-bond acceptors (Lipinski definition) is 5. The maximum atomic E-state index is 13.7. The Hall–Kier alpha value is -2.82. The third-order valence-electron chi connectivity index (χ3n) is 7.92. The number of aromatic nitrogens is 1. The zero-order valence-corrected chi connectivity index (χ0v) is 22.3. The number of aliphatic hydroxyl groups is 1. The number of nitrogens with one attached hydrogen (secondary N) is 2. The highest BCUT2D eigenvalue weighted by Gasteiger charge is 2.41. The fourth-order valence-electron chi connectivity index (χ4n) is 6.21. The molecule has 0 amide bonds. The summed E-state index contributed by atoms with van der Waals surface area (Å²) in [4.78, 5) is 7.48. The number of anilines is 1. The zero-order chi connectivity index (χ0) is 27.7. The van der Waals surface area contributed by atoms with Crippen molar-refractivity contribution in [3.8, 4) is 5.75 Å². The lowest BCUT2D eigenvalue weighted by Gasteiger charge is -2.43. The summed E-state index contributed by atoms with van der Waals surface area (Å²) in [5.41, 5.74) is 3.58. The minimum atomic E-state index is -4.89. The molecule has 0 saturated carbocycles. The van der Waals surface area contributed by atoms with E-state index in [4.69, 9.17) is 0 Å². The molecule has 2 aliphatic rings. The first-order valence-corrected chi connectivity index (χ1v) is 13.7. The molecule has 3 N–H and O–H groups in total. The van der Waals surface area contributed by atoms with Gasteiger partial charge in [0, 0.05) is 65.6 Å². The van der Waals surface area contributed by atoms with Crippen molar-refractivity contribution in [2.45, 2.75) is 70.2 Å². The average molecular weight is 549 g/mol. The van der Waals surface area contributed by atoms with Gasteiger partial charge in [-0.1, -0.05) is 31.2 Å². The Balaban J connectivity index is 1.54. The Labute approximate surface area is 225 Å². The first kappa shape index (κ1) is 27.7. The van der Waals surface area contributed by atoms with Gasteiger partial charge in [0.1, 0.15) is 12.0 Å². The van der Waals surface area contributed by atoms with Gasteiger partial charge in [-0.25, -0.2) is 0 Å². The summed E-state index contributed by atoms with van der Waals surface area (Å²) in [6.07, 6.45) is -3.37. The second-order valence-electron chi connectivity index (χ2n) is 10.6. The van der Waals surface area contributed by atoms with Crippen LogP contribution < -0.4 is 10.1 Å². The molecule has 0 radical (unpaired) electrons. The largest absolute Gasteiger partial charge is 0.573 e. The molecule has 1 saturated heterocycles. The van der Waals surface area contributed by atoms with Crippen LogP contribution in [0.15, 0.2) is 42.5 Å². The number of ether oxygens (including phenoxy) is 1. The van der Waals surface area contributed by atoms with Crippen LogP contribution >= 0.6 is 0 Å². The molecule has 212 valence electrons. The van der Waals surface area contributed by atoms with Crippen LogP contribution in [-0.2, 0) is 6.42 Å². The van der Waals surface area contributed by atoms with Gasteiger partial charge < -0.3 is 25.0 Å². The number of fused-ring (bicyclic) bond motifs is 3. The monoisotopic (exact) mass is 548 g/mol. The Bertz CT molecular complexity index is 1280. The first-order valence-electron chi connectivity index (χ1n) is 13.7. The number of aromatic amines is 1. The predicted octanol–water partition coefficient (Wildman–Crippen LogP) is 5.98. The number of benzene rings is 2. The second-order valence-corrected chi connectivity index (χ2v) is 10.6. The quantitative estimate of drug-likeness (QED) is 0.288. The van der Waals surface area contributed by atoms with Gasteiger partial charge in [0.05, 0.1) is 12.7 Å². The summed E-state index contributed by atoms with van der Waals surface area (Å²) in [5, 5.41) is 15.4. The topological polar surface area (TPSA) is 63.8 Å². The molecule has 0 aliphatic carbocycles. The van der Waals surface area contributed by atoms with Gasteiger partial charge in [0.2, 0.25) is 0 Å². The summed E-state index contributed by atoms with van der Waals surface area (Å²) >= 11 is 0. The van der Waals surface area contributed by atoms with Crippen molar-refractivity contribution in [1.82, 2.24) is 14.8 Å². The van der Waals surface area contributed by atoms with E-state index in [1.165, 1.54) is 6.07 Å². The molecule has 5 rings (SSSR count). The number of aliphatic hydroxyl groups excluding tert-OH is 1. The van der Waals surface area contributed by atoms with Crippen molar-refractivity contribution in [3.63, 3.8) is 0 Å². The number of alkyl halides is 4. The van der Waals surface area contributed by atoms with Gasteiger partial charge in [0.15, 0.2) is 0 Å². The molecule has 1 aromatic heterocycles. The van der Waals surface area contributed by atoms with E-state index in [-0.39, 0.29) is 24.5 Å². The number of para-hydroxylation sites is 1. The van der Waals surface area contributed by atoms with Crippen LogP contribution in [0.3, 0.4) is 0 Å². The Morgan fingerprint density at radius 2 is 2.00 bits per heavy atom. The minimum absolute atomic E-state index is 0.0441. The summed E-state index contributed by atoms with van der Waals surface area (Å²) in [5.74, 6) is -0.295. The maximum absolute atomic E-state index is 13.7. The van der Waals surface area contributed by atoms with E-state index >= 15 is 0 Å². The average Bonchev–Trinajstić information content (AvgIpc) is 3.50. The lowest BCUT2D eigenvalue weighted by molar-refractivity contribution is -0.275. The molecule has 4 atom stereocenters. The lowest BCUT2D eigenvalue weighted by Crippen LogP contribution is -2.48. The number of hydrogen-bond donors (Lipinski definition) is 3. The van der Waals surface area contributed by atoms with E-state index < -0.39 is 18.6 Å². The van der Waals surface area contributed by atoms with Crippen molar-refractivity contribution < 1.29 is 27.4 Å². The molecule has 0 spiro atoms. The van der Waals surface area contributed by atoms with Crippen LogP contribution in [0.2, 0.25) is 0 Å². The maximum Gasteiger partial charge on any atom is 0.573 e. The third kappa shape index (κ3) is 5.88. The second kappa shape index (κ2) is 11.3. The Kier molecular flexibility index (Phi) is 8.07.